The van der Waals surface area contributed by atoms with Crippen molar-refractivity contribution in [2.75, 3.05) is 5.32 Å². The number of hydrogen-bond acceptors (Lipinski definition) is 5. The summed E-state index contributed by atoms with van der Waals surface area (Å²) in [6.07, 6.45) is 2.35. The summed E-state index contributed by atoms with van der Waals surface area (Å²) in [5.41, 5.74) is -0.261. The minimum Gasteiger partial charge on any atom is -0.476 e. The third-order valence-corrected chi connectivity index (χ3v) is 4.25. The van der Waals surface area contributed by atoms with E-state index in [1.54, 1.807) is 0 Å². The van der Waals surface area contributed by atoms with E-state index in [1.165, 1.54) is 19.8 Å². The van der Waals surface area contributed by atoms with Gasteiger partial charge in [0.05, 0.1) is 0 Å². The topological polar surface area (TPSA) is 79.3 Å². The number of Topliss-reactive ketones (excluding diaryl/α,β-unsaturated/α-hetero) is 1. The van der Waals surface area contributed by atoms with Gasteiger partial charge in [-0.3, -0.25) is 4.79 Å². The van der Waals surface area contributed by atoms with Gasteiger partial charge in [-0.05, 0) is 32.6 Å². The number of aromatic nitrogens is 1. The van der Waals surface area contributed by atoms with E-state index < -0.39 is 5.97 Å². The van der Waals surface area contributed by atoms with E-state index in [1.807, 2.05) is 0 Å². The minimum absolute atomic E-state index is 0.109. The summed E-state index contributed by atoms with van der Waals surface area (Å²) >= 11 is 1.12. The van der Waals surface area contributed by atoms with Crippen molar-refractivity contribution in [3.05, 3.63) is 10.6 Å². The fraction of sp³-hybridized carbons (Fsp3) is 0.583. The van der Waals surface area contributed by atoms with Crippen LogP contribution in [-0.4, -0.2) is 27.4 Å². The number of nitrogens with one attached hydrogen (secondary N) is 1. The third kappa shape index (κ3) is 2.53. The lowest BCUT2D eigenvalue weighted by molar-refractivity contribution is 0.0687. The zero-order valence-corrected chi connectivity index (χ0v) is 11.4. The molecule has 2 N–H and O–H groups in total. The molecule has 0 amide bonds. The number of rotatable bonds is 5. The Labute approximate surface area is 109 Å². The highest BCUT2D eigenvalue weighted by molar-refractivity contribution is 7.17. The van der Waals surface area contributed by atoms with Gasteiger partial charge in [-0.1, -0.05) is 11.3 Å². The van der Waals surface area contributed by atoms with E-state index in [0.29, 0.717) is 11.0 Å². The van der Waals surface area contributed by atoms with E-state index in [0.717, 1.165) is 11.3 Å². The molecule has 98 valence electrons. The van der Waals surface area contributed by atoms with Gasteiger partial charge in [0, 0.05) is 12.5 Å². The number of thiazole rings is 1. The molecule has 1 saturated carbocycles. The first-order chi connectivity index (χ1) is 8.31. The molecule has 0 aromatic carbocycles. The molecule has 1 aromatic rings. The van der Waals surface area contributed by atoms with Crippen molar-refractivity contribution in [2.24, 2.45) is 5.92 Å². The molecule has 6 heteroatoms. The summed E-state index contributed by atoms with van der Waals surface area (Å²) in [4.78, 5) is 26.6. The van der Waals surface area contributed by atoms with Gasteiger partial charge in [-0.25, -0.2) is 9.78 Å². The first-order valence-corrected chi connectivity index (χ1v) is 6.66. The first-order valence-electron chi connectivity index (χ1n) is 5.84. The van der Waals surface area contributed by atoms with Crippen molar-refractivity contribution in [1.82, 2.24) is 4.98 Å². The summed E-state index contributed by atoms with van der Waals surface area (Å²) in [6.45, 7) is 5.50. The zero-order valence-electron chi connectivity index (χ0n) is 10.6. The number of carboxylic acid groups (broad SMARTS) is 1. The summed E-state index contributed by atoms with van der Waals surface area (Å²) in [6, 6.07) is 0. The van der Waals surface area contributed by atoms with Gasteiger partial charge in [-0.2, -0.15) is 0 Å². The second-order valence-corrected chi connectivity index (χ2v) is 6.18. The molecular weight excluding hydrogens is 252 g/mol. The van der Waals surface area contributed by atoms with Crippen LogP contribution in [0, 0.1) is 5.92 Å². The van der Waals surface area contributed by atoms with E-state index in [2.05, 4.69) is 24.1 Å². The molecule has 0 radical (unpaired) electrons. The van der Waals surface area contributed by atoms with Gasteiger partial charge in [0.25, 0.3) is 0 Å². The number of carbonyl (C=O) groups excluding carboxylic acids is 1. The lowest BCUT2D eigenvalue weighted by atomic mass is 9.99. The van der Waals surface area contributed by atoms with Crippen LogP contribution in [0.3, 0.4) is 0 Å². The average molecular weight is 268 g/mol. The van der Waals surface area contributed by atoms with Crippen LogP contribution in [0.5, 0.6) is 0 Å². The maximum atomic E-state index is 11.4. The third-order valence-electron chi connectivity index (χ3n) is 3.18. The van der Waals surface area contributed by atoms with Crippen LogP contribution in [0.2, 0.25) is 0 Å². The molecule has 0 unspecified atom stereocenters. The predicted octanol–water partition coefficient (Wildman–Crippen LogP) is 2.64. The van der Waals surface area contributed by atoms with Gasteiger partial charge in [0.1, 0.15) is 4.88 Å². The van der Waals surface area contributed by atoms with Gasteiger partial charge in [-0.15, -0.1) is 0 Å². The smallest absolute Gasteiger partial charge is 0.356 e. The highest BCUT2D eigenvalue weighted by atomic mass is 32.1. The molecule has 18 heavy (non-hydrogen) atoms. The number of aromatic carboxylic acids is 1. The monoisotopic (exact) mass is 268 g/mol. The van der Waals surface area contributed by atoms with Crippen LogP contribution < -0.4 is 5.32 Å². The van der Waals surface area contributed by atoms with Gasteiger partial charge < -0.3 is 10.4 Å². The summed E-state index contributed by atoms with van der Waals surface area (Å²) in [5, 5.41) is 12.8. The standard InChI is InChI=1S/C12H16N2O3S/c1-6(15)9-8(10(16)17)13-11(18-9)14-12(2,3)7-4-5-7/h7H,4-5H2,1-3H3,(H,13,14)(H,16,17). The Morgan fingerprint density at radius 2 is 2.06 bits per heavy atom. The summed E-state index contributed by atoms with van der Waals surface area (Å²) in [7, 11) is 0. The summed E-state index contributed by atoms with van der Waals surface area (Å²) in [5.74, 6) is -0.827. The second-order valence-electron chi connectivity index (χ2n) is 5.18. The van der Waals surface area contributed by atoms with Gasteiger partial charge in [0.15, 0.2) is 16.6 Å². The number of nitrogens with zero attached hydrogens (tertiary/aromatic N) is 1. The highest BCUT2D eigenvalue weighted by Crippen LogP contribution is 2.41. The molecule has 5 nitrogen and oxygen atoms in total. The van der Waals surface area contributed by atoms with Crippen molar-refractivity contribution in [3.63, 3.8) is 0 Å². The molecule has 0 saturated heterocycles. The number of ketones is 1. The fourth-order valence-electron chi connectivity index (χ4n) is 1.94. The fourth-order valence-corrected chi connectivity index (χ4v) is 2.96. The summed E-state index contributed by atoms with van der Waals surface area (Å²) < 4.78 is 0. The predicted molar refractivity (Wildman–Crippen MR) is 69.5 cm³/mol. The molecule has 1 aliphatic carbocycles. The number of carbonyl (C=O) groups is 2. The largest absolute Gasteiger partial charge is 0.476 e. The first kappa shape index (κ1) is 13.0. The number of hydrogen-bond donors (Lipinski definition) is 2. The molecule has 1 fully saturated rings. The van der Waals surface area contributed by atoms with E-state index in [4.69, 9.17) is 5.11 Å². The lowest BCUT2D eigenvalue weighted by Crippen LogP contribution is -2.33. The van der Waals surface area contributed by atoms with Crippen LogP contribution in [0.25, 0.3) is 0 Å². The average Bonchev–Trinajstić information content (AvgIpc) is 3.00. The Kier molecular flexibility index (Phi) is 3.14. The molecule has 0 spiro atoms. The van der Waals surface area contributed by atoms with Crippen molar-refractivity contribution < 1.29 is 14.7 Å². The van der Waals surface area contributed by atoms with Crippen LogP contribution in [0.1, 0.15) is 53.8 Å². The van der Waals surface area contributed by atoms with Crippen LogP contribution >= 0.6 is 11.3 Å². The maximum Gasteiger partial charge on any atom is 0.356 e. The van der Waals surface area contributed by atoms with Gasteiger partial charge >= 0.3 is 5.97 Å². The lowest BCUT2D eigenvalue weighted by Gasteiger charge is -2.25. The van der Waals surface area contributed by atoms with Crippen molar-refractivity contribution in [1.29, 1.82) is 0 Å². The quantitative estimate of drug-likeness (QED) is 0.802. The highest BCUT2D eigenvalue weighted by Gasteiger charge is 2.38. The molecule has 1 aliphatic rings. The van der Waals surface area contributed by atoms with Gasteiger partial charge in [0.2, 0.25) is 0 Å². The Bertz CT molecular complexity index is 472. The molecule has 0 aliphatic heterocycles. The van der Waals surface area contributed by atoms with E-state index >= 15 is 0 Å². The maximum absolute atomic E-state index is 11.4. The molecule has 0 atom stereocenters. The Hall–Kier alpha value is -1.43. The van der Waals surface area contributed by atoms with Crippen molar-refractivity contribution in [2.45, 2.75) is 39.2 Å². The Balaban J connectivity index is 2.26. The Morgan fingerprint density at radius 3 is 2.44 bits per heavy atom. The normalized spacial score (nSPS) is 15.5. The number of carboxylic acids is 1. The minimum atomic E-state index is -1.16. The molecular formula is C12H16N2O3S. The molecule has 2 rings (SSSR count). The number of anilines is 1. The zero-order chi connectivity index (χ0) is 13.5. The van der Waals surface area contributed by atoms with Crippen LogP contribution in [-0.2, 0) is 0 Å². The Morgan fingerprint density at radius 1 is 1.44 bits per heavy atom. The SMILES string of the molecule is CC(=O)c1sc(NC(C)(C)C2CC2)nc1C(=O)O. The van der Waals surface area contributed by atoms with E-state index in [-0.39, 0.29) is 21.9 Å². The van der Waals surface area contributed by atoms with Crippen LogP contribution in [0.4, 0.5) is 5.13 Å². The second kappa shape index (κ2) is 4.35. The van der Waals surface area contributed by atoms with Crippen molar-refractivity contribution >= 4 is 28.2 Å². The van der Waals surface area contributed by atoms with E-state index in [9.17, 15) is 9.59 Å². The van der Waals surface area contributed by atoms with Crippen LogP contribution in [0.15, 0.2) is 0 Å². The van der Waals surface area contributed by atoms with Crippen molar-refractivity contribution in [3.8, 4) is 0 Å². The molecule has 0 bridgehead atoms. The molecule has 1 aromatic heterocycles. The molecule has 1 heterocycles.